The zero-order valence-corrected chi connectivity index (χ0v) is 17.0. The number of methoxy groups -OCH3 is 1. The summed E-state index contributed by atoms with van der Waals surface area (Å²) < 4.78 is 10.5. The molecule has 6 nitrogen and oxygen atoms in total. The lowest BCUT2D eigenvalue weighted by Crippen LogP contribution is -2.48. The van der Waals surface area contributed by atoms with Gasteiger partial charge in [0.2, 0.25) is 5.91 Å². The number of benzene rings is 2. The maximum atomic E-state index is 13.3. The molecule has 0 aliphatic carbocycles. The first-order valence-corrected chi connectivity index (χ1v) is 10.3. The average Bonchev–Trinajstić information content (AvgIpc) is 2.77. The summed E-state index contributed by atoms with van der Waals surface area (Å²) in [4.78, 5) is 30.9. The van der Waals surface area contributed by atoms with Crippen molar-refractivity contribution >= 4 is 35.3 Å². The number of fused-ring (bicyclic) bond motifs is 1. The van der Waals surface area contributed by atoms with Gasteiger partial charge < -0.3 is 14.4 Å². The van der Waals surface area contributed by atoms with Gasteiger partial charge in [0, 0.05) is 18.0 Å². The molecular weight excluding hydrogens is 388 g/mol. The van der Waals surface area contributed by atoms with Gasteiger partial charge in [-0.1, -0.05) is 36.0 Å². The van der Waals surface area contributed by atoms with Gasteiger partial charge in [-0.3, -0.25) is 14.5 Å². The fourth-order valence-corrected chi connectivity index (χ4v) is 4.38. The molecule has 0 saturated carbocycles. The Bertz CT molecular complexity index is 936. The monoisotopic (exact) mass is 410 g/mol. The number of para-hydroxylation sites is 1. The Labute approximate surface area is 174 Å². The molecule has 1 fully saturated rings. The Morgan fingerprint density at radius 1 is 1.14 bits per heavy atom. The number of nitrogens with zero attached hydrogens (tertiary/aromatic N) is 2. The van der Waals surface area contributed by atoms with Gasteiger partial charge in [0.05, 0.1) is 30.9 Å². The first-order chi connectivity index (χ1) is 14.2. The summed E-state index contributed by atoms with van der Waals surface area (Å²) in [6.07, 6.45) is 1.86. The maximum Gasteiger partial charge on any atom is 0.265 e. The van der Waals surface area contributed by atoms with E-state index in [0.717, 1.165) is 21.9 Å². The number of hydrogen-bond donors (Lipinski definition) is 0. The number of thioether (sulfide) groups is 1. The highest BCUT2D eigenvalue weighted by Gasteiger charge is 2.31. The van der Waals surface area contributed by atoms with E-state index in [2.05, 4.69) is 0 Å². The molecule has 0 N–H and O–H groups in total. The van der Waals surface area contributed by atoms with E-state index >= 15 is 0 Å². The molecule has 0 bridgehead atoms. The number of carbonyl (C=O) groups excluding carboxylic acids is 2. The van der Waals surface area contributed by atoms with E-state index in [0.29, 0.717) is 31.2 Å². The van der Waals surface area contributed by atoms with Crippen LogP contribution in [0.2, 0.25) is 0 Å². The molecule has 4 rings (SSSR count). The second-order valence-electron chi connectivity index (χ2n) is 6.74. The van der Waals surface area contributed by atoms with E-state index in [1.54, 1.807) is 16.9 Å². The van der Waals surface area contributed by atoms with Crippen molar-refractivity contribution in [2.75, 3.05) is 44.9 Å². The molecule has 29 heavy (non-hydrogen) atoms. The molecule has 7 heteroatoms. The number of ether oxygens (including phenoxy) is 2. The number of rotatable bonds is 4. The third-order valence-corrected chi connectivity index (χ3v) is 5.98. The summed E-state index contributed by atoms with van der Waals surface area (Å²) in [5.74, 6) is 0.538. The van der Waals surface area contributed by atoms with Crippen molar-refractivity contribution in [1.82, 2.24) is 4.90 Å². The molecule has 0 unspecified atom stereocenters. The molecule has 0 radical (unpaired) electrons. The van der Waals surface area contributed by atoms with Crippen LogP contribution in [0.1, 0.15) is 5.56 Å². The van der Waals surface area contributed by atoms with Gasteiger partial charge in [0.1, 0.15) is 12.3 Å². The third kappa shape index (κ3) is 4.31. The molecule has 2 amide bonds. The highest BCUT2D eigenvalue weighted by atomic mass is 32.2. The van der Waals surface area contributed by atoms with Crippen LogP contribution in [0.4, 0.5) is 5.69 Å². The van der Waals surface area contributed by atoms with Gasteiger partial charge >= 0.3 is 0 Å². The number of anilines is 1. The smallest absolute Gasteiger partial charge is 0.265 e. The zero-order chi connectivity index (χ0) is 20.2. The minimum Gasteiger partial charge on any atom is -0.497 e. The summed E-state index contributed by atoms with van der Waals surface area (Å²) in [7, 11) is 1.62. The first-order valence-electron chi connectivity index (χ1n) is 9.46. The first kappa shape index (κ1) is 19.5. The predicted molar refractivity (Wildman–Crippen MR) is 113 cm³/mol. The van der Waals surface area contributed by atoms with Crippen molar-refractivity contribution in [3.63, 3.8) is 0 Å². The highest BCUT2D eigenvalue weighted by molar-refractivity contribution is 8.04. The van der Waals surface area contributed by atoms with Crippen molar-refractivity contribution in [3.8, 4) is 5.75 Å². The van der Waals surface area contributed by atoms with Gasteiger partial charge in [-0.05, 0) is 35.9 Å². The summed E-state index contributed by atoms with van der Waals surface area (Å²) in [6, 6.07) is 15.2. The number of amides is 2. The molecule has 0 aromatic heterocycles. The number of hydrogen-bond acceptors (Lipinski definition) is 5. The third-order valence-electron chi connectivity index (χ3n) is 4.90. The average molecular weight is 410 g/mol. The van der Waals surface area contributed by atoms with E-state index in [9.17, 15) is 9.59 Å². The van der Waals surface area contributed by atoms with Crippen LogP contribution in [0.5, 0.6) is 5.75 Å². The molecule has 2 aromatic carbocycles. The minimum absolute atomic E-state index is 0.0242. The molecule has 2 aliphatic rings. The predicted octanol–water partition coefficient (Wildman–Crippen LogP) is 3.03. The van der Waals surface area contributed by atoms with Crippen LogP contribution in [-0.2, 0) is 14.3 Å². The lowest BCUT2D eigenvalue weighted by atomic mass is 10.2. The summed E-state index contributed by atoms with van der Waals surface area (Å²) in [5, 5.41) is 0. The maximum absolute atomic E-state index is 13.3. The second-order valence-corrected chi connectivity index (χ2v) is 7.82. The molecule has 0 atom stereocenters. The number of carbonyl (C=O) groups is 2. The van der Waals surface area contributed by atoms with Crippen LogP contribution in [0.15, 0.2) is 58.3 Å². The lowest BCUT2D eigenvalue weighted by molar-refractivity contribution is -0.134. The Morgan fingerprint density at radius 2 is 1.86 bits per heavy atom. The molecule has 1 saturated heterocycles. The Morgan fingerprint density at radius 3 is 2.59 bits per heavy atom. The fourth-order valence-electron chi connectivity index (χ4n) is 3.32. The highest BCUT2D eigenvalue weighted by Crippen LogP contribution is 2.42. The minimum atomic E-state index is -0.161. The van der Waals surface area contributed by atoms with E-state index in [4.69, 9.17) is 9.47 Å². The summed E-state index contributed by atoms with van der Waals surface area (Å²) in [6.45, 7) is 2.22. The van der Waals surface area contributed by atoms with E-state index < -0.39 is 0 Å². The Kier molecular flexibility index (Phi) is 5.87. The molecule has 0 spiro atoms. The Hall–Kier alpha value is -2.77. The van der Waals surface area contributed by atoms with Gasteiger partial charge in [0.25, 0.3) is 5.91 Å². The van der Waals surface area contributed by atoms with Crippen molar-refractivity contribution in [2.45, 2.75) is 4.90 Å². The van der Waals surface area contributed by atoms with E-state index in [1.807, 2.05) is 54.6 Å². The van der Waals surface area contributed by atoms with Crippen LogP contribution in [0.3, 0.4) is 0 Å². The molecule has 150 valence electrons. The lowest BCUT2D eigenvalue weighted by Gasteiger charge is -2.33. The fraction of sp³-hybridized carbons (Fsp3) is 0.273. The van der Waals surface area contributed by atoms with E-state index in [-0.39, 0.29) is 18.4 Å². The van der Waals surface area contributed by atoms with Gasteiger partial charge in [0.15, 0.2) is 0 Å². The van der Waals surface area contributed by atoms with E-state index in [1.165, 1.54) is 11.8 Å². The van der Waals surface area contributed by atoms with Gasteiger partial charge in [-0.2, -0.15) is 0 Å². The largest absolute Gasteiger partial charge is 0.497 e. The van der Waals surface area contributed by atoms with Crippen LogP contribution in [0, 0.1) is 0 Å². The molecule has 2 aliphatic heterocycles. The Balaban J connectivity index is 1.61. The van der Waals surface area contributed by atoms with Crippen molar-refractivity contribution in [1.29, 1.82) is 0 Å². The van der Waals surface area contributed by atoms with Crippen molar-refractivity contribution in [3.05, 3.63) is 59.0 Å². The summed E-state index contributed by atoms with van der Waals surface area (Å²) in [5.41, 5.74) is 1.68. The second kappa shape index (κ2) is 8.71. The summed E-state index contributed by atoms with van der Waals surface area (Å²) >= 11 is 1.43. The van der Waals surface area contributed by atoms with Gasteiger partial charge in [-0.15, -0.1) is 0 Å². The van der Waals surface area contributed by atoms with Crippen LogP contribution >= 0.6 is 11.8 Å². The SMILES string of the molecule is COc1ccc(/C=C2\Sc3ccccc3N(CC(=O)N3CCOCC3)C2=O)cc1. The van der Waals surface area contributed by atoms with Gasteiger partial charge in [-0.25, -0.2) is 0 Å². The van der Waals surface area contributed by atoms with Crippen LogP contribution in [-0.4, -0.2) is 56.7 Å². The topological polar surface area (TPSA) is 59.1 Å². The number of morpholine rings is 1. The van der Waals surface area contributed by atoms with Crippen LogP contribution in [0.25, 0.3) is 6.08 Å². The van der Waals surface area contributed by atoms with Crippen LogP contribution < -0.4 is 9.64 Å². The molecule has 2 heterocycles. The molecule has 2 aromatic rings. The normalized spacial score (nSPS) is 18.0. The standard InChI is InChI=1S/C22H22N2O4S/c1-27-17-8-6-16(7-9-17)14-20-22(26)24(18-4-2-3-5-19(18)29-20)15-21(25)23-10-12-28-13-11-23/h2-9,14H,10-13,15H2,1H3/b20-14-. The van der Waals surface area contributed by atoms with Crippen molar-refractivity contribution in [2.24, 2.45) is 0 Å². The van der Waals surface area contributed by atoms with Crippen molar-refractivity contribution < 1.29 is 19.1 Å². The zero-order valence-electron chi connectivity index (χ0n) is 16.2. The quantitative estimate of drug-likeness (QED) is 0.725. The molecular formula is C22H22N2O4S.